The van der Waals surface area contributed by atoms with Gasteiger partial charge in [-0.1, -0.05) is 21.6 Å². The Labute approximate surface area is 200 Å². The number of carbonyl (C=O) groups is 3. The van der Waals surface area contributed by atoms with E-state index in [1.54, 1.807) is 51.6 Å². The van der Waals surface area contributed by atoms with Crippen LogP contribution in [-0.2, 0) is 30.3 Å². The maximum atomic E-state index is 12.8. The Hall–Kier alpha value is -0.880. The summed E-state index contributed by atoms with van der Waals surface area (Å²) in [6.07, 6.45) is 3.47. The van der Waals surface area contributed by atoms with Gasteiger partial charge in [-0.25, -0.2) is 9.59 Å². The number of rotatable bonds is 16. The van der Waals surface area contributed by atoms with Gasteiger partial charge >= 0.3 is 11.9 Å². The first kappa shape index (κ1) is 28.2. The van der Waals surface area contributed by atoms with E-state index in [0.29, 0.717) is 17.9 Å². The third kappa shape index (κ3) is 12.7. The molecule has 1 aromatic rings. The maximum absolute atomic E-state index is 12.8. The van der Waals surface area contributed by atoms with Gasteiger partial charge in [-0.05, 0) is 61.1 Å². The molecule has 3 atom stereocenters. The van der Waals surface area contributed by atoms with Crippen LogP contribution in [-0.4, -0.2) is 66.7 Å². The van der Waals surface area contributed by atoms with Crippen molar-refractivity contribution in [1.82, 2.24) is 11.1 Å². The van der Waals surface area contributed by atoms with E-state index in [2.05, 4.69) is 5.32 Å². The zero-order valence-corrected chi connectivity index (χ0v) is 21.4. The standard InChI is InChI=1S/C20H31N2O5S4/c1-4-26-18(23)10-27-20(25)14(2)22-19(24)16(9-15-5-8-29-11-15)12-30-31-13-17(21)6-7-28-3/h5,8,11,14,16-17,21H,4,6-7,9-10,12-13H2,1-3H3,(H,22,24). The van der Waals surface area contributed by atoms with E-state index in [4.69, 9.17) is 15.2 Å². The second kappa shape index (κ2) is 16.7. The second-order valence-electron chi connectivity index (χ2n) is 6.72. The highest BCUT2D eigenvalue weighted by molar-refractivity contribution is 8.76. The molecule has 3 unspecified atom stereocenters. The highest BCUT2D eigenvalue weighted by Gasteiger charge is 2.25. The monoisotopic (exact) mass is 507 g/mol. The van der Waals surface area contributed by atoms with E-state index in [1.165, 1.54) is 6.92 Å². The molecule has 0 aliphatic rings. The predicted octanol–water partition coefficient (Wildman–Crippen LogP) is 3.30. The molecule has 0 saturated carbocycles. The fraction of sp³-hybridized carbons (Fsp3) is 0.650. The number of amides is 1. The van der Waals surface area contributed by atoms with Crippen LogP contribution < -0.4 is 11.1 Å². The Balaban J connectivity index is 2.53. The number of hydrogen-bond donors (Lipinski definition) is 1. The van der Waals surface area contributed by atoms with Gasteiger partial charge in [0.05, 0.1) is 12.5 Å². The minimum Gasteiger partial charge on any atom is -0.463 e. The number of ether oxygens (including phenoxy) is 2. The molecular formula is C20H31N2O5S4. The number of thioether (sulfide) groups is 1. The summed E-state index contributed by atoms with van der Waals surface area (Å²) in [6, 6.07) is 1.01. The van der Waals surface area contributed by atoms with Crippen LogP contribution in [0.4, 0.5) is 0 Å². The molecule has 11 heteroatoms. The molecule has 31 heavy (non-hydrogen) atoms. The smallest absolute Gasteiger partial charge is 0.344 e. The van der Waals surface area contributed by atoms with Crippen molar-refractivity contribution < 1.29 is 23.9 Å². The number of nitrogens with one attached hydrogen (secondary N) is 2. The van der Waals surface area contributed by atoms with Gasteiger partial charge in [0.15, 0.2) is 6.61 Å². The minimum atomic E-state index is -0.867. The van der Waals surface area contributed by atoms with Crippen molar-refractivity contribution in [2.75, 3.05) is 36.7 Å². The van der Waals surface area contributed by atoms with Crippen molar-refractivity contribution >= 4 is 62.5 Å². The Kier molecular flexibility index (Phi) is 15.2. The molecule has 1 heterocycles. The Morgan fingerprint density at radius 2 is 1.97 bits per heavy atom. The van der Waals surface area contributed by atoms with Crippen LogP contribution in [0.3, 0.4) is 0 Å². The molecule has 1 aromatic heterocycles. The van der Waals surface area contributed by atoms with Crippen LogP contribution in [0.25, 0.3) is 0 Å². The molecule has 0 bridgehead atoms. The van der Waals surface area contributed by atoms with E-state index in [9.17, 15) is 14.4 Å². The molecule has 1 amide bonds. The van der Waals surface area contributed by atoms with Crippen molar-refractivity contribution in [1.29, 1.82) is 0 Å². The van der Waals surface area contributed by atoms with E-state index < -0.39 is 24.6 Å². The average molecular weight is 508 g/mol. The topological polar surface area (TPSA) is 105 Å². The van der Waals surface area contributed by atoms with Crippen molar-refractivity contribution in [2.24, 2.45) is 5.92 Å². The summed E-state index contributed by atoms with van der Waals surface area (Å²) in [5.74, 6) is 0.424. The van der Waals surface area contributed by atoms with Crippen molar-refractivity contribution in [2.45, 2.75) is 38.8 Å². The third-order valence-corrected chi connectivity index (χ3v) is 8.01. The Bertz CT molecular complexity index is 660. The highest BCUT2D eigenvalue weighted by Crippen LogP contribution is 2.27. The molecule has 0 aliphatic heterocycles. The average Bonchev–Trinajstić information content (AvgIpc) is 3.25. The molecule has 0 fully saturated rings. The minimum absolute atomic E-state index is 0.108. The van der Waals surface area contributed by atoms with Crippen molar-refractivity contribution in [3.63, 3.8) is 0 Å². The van der Waals surface area contributed by atoms with E-state index in [0.717, 1.165) is 17.7 Å². The summed E-state index contributed by atoms with van der Waals surface area (Å²) < 4.78 is 9.62. The third-order valence-electron chi connectivity index (χ3n) is 4.08. The number of carbonyl (C=O) groups excluding carboxylic acids is 3. The van der Waals surface area contributed by atoms with Crippen LogP contribution in [0.1, 0.15) is 25.8 Å². The van der Waals surface area contributed by atoms with Crippen LogP contribution >= 0.6 is 44.7 Å². The van der Waals surface area contributed by atoms with Gasteiger partial charge in [0.2, 0.25) is 5.91 Å². The van der Waals surface area contributed by atoms with Crippen molar-refractivity contribution in [3.05, 3.63) is 22.4 Å². The summed E-state index contributed by atoms with van der Waals surface area (Å²) in [6.45, 7) is 2.94. The lowest BCUT2D eigenvalue weighted by molar-refractivity contribution is -0.159. The highest BCUT2D eigenvalue weighted by atomic mass is 33.1. The van der Waals surface area contributed by atoms with Gasteiger partial charge in [-0.15, -0.1) is 0 Å². The van der Waals surface area contributed by atoms with Crippen LogP contribution in [0.5, 0.6) is 0 Å². The van der Waals surface area contributed by atoms with Gasteiger partial charge < -0.3 is 14.8 Å². The van der Waals surface area contributed by atoms with E-state index in [-0.39, 0.29) is 24.5 Å². The van der Waals surface area contributed by atoms with Crippen molar-refractivity contribution in [3.8, 4) is 0 Å². The molecule has 2 N–H and O–H groups in total. The Morgan fingerprint density at radius 3 is 2.61 bits per heavy atom. The van der Waals surface area contributed by atoms with Gasteiger partial charge in [-0.2, -0.15) is 23.1 Å². The first-order valence-electron chi connectivity index (χ1n) is 9.95. The summed E-state index contributed by atoms with van der Waals surface area (Å²) in [4.78, 5) is 36.2. The maximum Gasteiger partial charge on any atom is 0.344 e. The summed E-state index contributed by atoms with van der Waals surface area (Å²) >= 11 is 3.32. The molecule has 0 aromatic carbocycles. The van der Waals surface area contributed by atoms with E-state index >= 15 is 0 Å². The molecule has 1 rings (SSSR count). The molecule has 0 saturated heterocycles. The second-order valence-corrected chi connectivity index (χ2v) is 11.0. The zero-order valence-electron chi connectivity index (χ0n) is 18.1. The first-order valence-corrected chi connectivity index (χ1v) is 14.8. The summed E-state index contributed by atoms with van der Waals surface area (Å²) in [5, 5.41) is 6.68. The lowest BCUT2D eigenvalue weighted by atomic mass is 10.0. The molecule has 0 aliphatic carbocycles. The van der Waals surface area contributed by atoms with Gasteiger partial charge in [0.1, 0.15) is 6.04 Å². The Morgan fingerprint density at radius 1 is 1.23 bits per heavy atom. The first-order chi connectivity index (χ1) is 14.9. The fourth-order valence-electron chi connectivity index (χ4n) is 2.37. The molecule has 0 spiro atoms. The number of thiophene rings is 1. The quantitative estimate of drug-likeness (QED) is 0.206. The molecular weight excluding hydrogens is 476 g/mol. The normalized spacial score (nSPS) is 13.8. The molecule has 7 nitrogen and oxygen atoms in total. The van der Waals surface area contributed by atoms with Gasteiger partial charge in [0, 0.05) is 17.5 Å². The lowest BCUT2D eigenvalue weighted by Crippen LogP contribution is -2.44. The zero-order chi connectivity index (χ0) is 23.1. The van der Waals surface area contributed by atoms with Gasteiger partial charge in [-0.3, -0.25) is 10.5 Å². The summed E-state index contributed by atoms with van der Waals surface area (Å²) in [5.41, 5.74) is 9.11. The van der Waals surface area contributed by atoms with E-state index in [1.807, 2.05) is 23.1 Å². The molecule has 175 valence electrons. The SMILES string of the molecule is CCOC(=O)COC(=O)C(C)NC(=O)C(CSSCC([NH])CCSC)Cc1ccsc1. The van der Waals surface area contributed by atoms with Crippen LogP contribution in [0.15, 0.2) is 16.8 Å². The van der Waals surface area contributed by atoms with Gasteiger partial charge in [0.25, 0.3) is 0 Å². The largest absolute Gasteiger partial charge is 0.463 e. The number of hydrogen-bond acceptors (Lipinski definition) is 9. The van der Waals surface area contributed by atoms with Crippen LogP contribution in [0, 0.1) is 5.92 Å². The summed E-state index contributed by atoms with van der Waals surface area (Å²) in [7, 11) is 3.19. The van der Waals surface area contributed by atoms with Crippen LogP contribution in [0.2, 0.25) is 0 Å². The predicted molar refractivity (Wildman–Crippen MR) is 132 cm³/mol. The fourth-order valence-corrected chi connectivity index (χ4v) is 6.09. The lowest BCUT2D eigenvalue weighted by Gasteiger charge is -2.19. The molecule has 1 radical (unpaired) electrons. The number of esters is 2.